The van der Waals surface area contributed by atoms with E-state index in [1.807, 2.05) is 0 Å². The second-order valence-corrected chi connectivity index (χ2v) is 6.39. The Bertz CT molecular complexity index is 1030. The van der Waals surface area contributed by atoms with Crippen LogP contribution in [0.25, 0.3) is 27.2 Å². The van der Waals surface area contributed by atoms with E-state index in [9.17, 15) is 4.39 Å². The van der Waals surface area contributed by atoms with Crippen molar-refractivity contribution in [2.75, 3.05) is 0 Å². The first-order chi connectivity index (χ1) is 11.8. The number of halogens is 5. The summed E-state index contributed by atoms with van der Waals surface area (Å²) in [5.41, 5.74) is 1.28. The summed E-state index contributed by atoms with van der Waals surface area (Å²) in [4.78, 5) is 11.8. The summed E-state index contributed by atoms with van der Waals surface area (Å²) in [6.45, 7) is 2.98. The molecule has 8 heteroatoms. The van der Waals surface area contributed by atoms with Crippen molar-refractivity contribution in [2.24, 2.45) is 0 Å². The number of hydrogen-bond acceptors (Lipinski definition) is 3. The van der Waals surface area contributed by atoms with E-state index in [1.165, 1.54) is 13.1 Å². The monoisotopic (exact) mass is 399 g/mol. The Balaban J connectivity index is 2.37. The van der Waals surface area contributed by atoms with Crippen molar-refractivity contribution in [1.29, 1.82) is 0 Å². The standard InChI is InChI=1S/C17H10Cl3F2N3/c1-7-4-3-5-9(11(7)12(18)8(2)21)14-13(22)15-10(6-23-14)16(19)25-17(20)24-15/h3-6H,1-2H3/b12-8-. The second kappa shape index (κ2) is 6.83. The van der Waals surface area contributed by atoms with E-state index in [0.717, 1.165) is 0 Å². The van der Waals surface area contributed by atoms with Crippen molar-refractivity contribution in [3.8, 4) is 11.3 Å². The van der Waals surface area contributed by atoms with Gasteiger partial charge in [-0.05, 0) is 31.0 Å². The molecule has 2 aromatic heterocycles. The molecule has 25 heavy (non-hydrogen) atoms. The lowest BCUT2D eigenvalue weighted by molar-refractivity contribution is 0.634. The van der Waals surface area contributed by atoms with Crippen LogP contribution in [-0.2, 0) is 0 Å². The topological polar surface area (TPSA) is 38.7 Å². The molecule has 0 N–H and O–H groups in total. The molecule has 0 amide bonds. The molecule has 2 heterocycles. The van der Waals surface area contributed by atoms with Gasteiger partial charge in [-0.25, -0.2) is 18.7 Å². The normalized spacial score (nSPS) is 12.4. The molecule has 3 nitrogen and oxygen atoms in total. The lowest BCUT2D eigenvalue weighted by Gasteiger charge is -2.13. The fourth-order valence-electron chi connectivity index (χ4n) is 2.51. The number of aromatic nitrogens is 3. The number of aryl methyl sites for hydroxylation is 1. The second-order valence-electron chi connectivity index (χ2n) is 5.31. The van der Waals surface area contributed by atoms with Crippen molar-refractivity contribution >= 4 is 50.7 Å². The van der Waals surface area contributed by atoms with Gasteiger partial charge in [0.05, 0.1) is 10.4 Å². The van der Waals surface area contributed by atoms with Gasteiger partial charge in [0, 0.05) is 17.3 Å². The third-order valence-corrected chi connectivity index (χ3v) is 4.57. The van der Waals surface area contributed by atoms with Gasteiger partial charge in [-0.3, -0.25) is 4.98 Å². The first-order valence-corrected chi connectivity index (χ1v) is 8.24. The molecule has 0 bridgehead atoms. The third kappa shape index (κ3) is 3.19. The van der Waals surface area contributed by atoms with E-state index in [4.69, 9.17) is 34.8 Å². The van der Waals surface area contributed by atoms with Crippen LogP contribution in [0.15, 0.2) is 30.2 Å². The number of benzene rings is 1. The van der Waals surface area contributed by atoms with E-state index in [2.05, 4.69) is 15.0 Å². The Hall–Kier alpha value is -1.82. The van der Waals surface area contributed by atoms with Crippen LogP contribution >= 0.6 is 34.8 Å². The highest BCUT2D eigenvalue weighted by Crippen LogP contribution is 2.37. The minimum absolute atomic E-state index is 0.00468. The van der Waals surface area contributed by atoms with Crippen LogP contribution in [0.2, 0.25) is 10.4 Å². The van der Waals surface area contributed by atoms with Crippen molar-refractivity contribution < 1.29 is 8.78 Å². The zero-order valence-corrected chi connectivity index (χ0v) is 15.3. The van der Waals surface area contributed by atoms with Gasteiger partial charge in [0.15, 0.2) is 5.82 Å². The molecule has 3 aromatic rings. The van der Waals surface area contributed by atoms with Crippen molar-refractivity contribution in [3.05, 3.63) is 57.6 Å². The Morgan fingerprint density at radius 2 is 1.88 bits per heavy atom. The lowest BCUT2D eigenvalue weighted by atomic mass is 9.97. The Morgan fingerprint density at radius 1 is 1.16 bits per heavy atom. The zero-order chi connectivity index (χ0) is 18.3. The minimum atomic E-state index is -0.739. The average Bonchev–Trinajstić information content (AvgIpc) is 2.55. The number of hydrogen-bond donors (Lipinski definition) is 0. The molecule has 0 unspecified atom stereocenters. The Labute approximate surface area is 157 Å². The van der Waals surface area contributed by atoms with Crippen molar-refractivity contribution in [3.63, 3.8) is 0 Å². The third-order valence-electron chi connectivity index (χ3n) is 3.66. The summed E-state index contributed by atoms with van der Waals surface area (Å²) in [5, 5.41) is -0.0662. The summed E-state index contributed by atoms with van der Waals surface area (Å²) in [5.74, 6) is -1.32. The van der Waals surface area contributed by atoms with E-state index in [0.29, 0.717) is 16.7 Å². The highest BCUT2D eigenvalue weighted by atomic mass is 35.5. The number of nitrogens with zero attached hydrogens (tertiary/aromatic N) is 3. The van der Waals surface area contributed by atoms with Crippen LogP contribution < -0.4 is 0 Å². The SMILES string of the molecule is C/C(F)=C(/Cl)c1c(C)cccc1-c1ncc2c(Cl)nc(Cl)nc2c1F. The summed E-state index contributed by atoms with van der Waals surface area (Å²) in [6, 6.07) is 5.06. The first-order valence-electron chi connectivity index (χ1n) is 7.10. The number of pyridine rings is 1. The molecule has 0 aliphatic rings. The van der Waals surface area contributed by atoms with Gasteiger partial charge in [-0.2, -0.15) is 0 Å². The van der Waals surface area contributed by atoms with Gasteiger partial charge in [-0.15, -0.1) is 0 Å². The van der Waals surface area contributed by atoms with Gasteiger partial charge >= 0.3 is 0 Å². The molecule has 0 saturated carbocycles. The Kier molecular flexibility index (Phi) is 4.91. The minimum Gasteiger partial charge on any atom is -0.252 e. The fraction of sp³-hybridized carbons (Fsp3) is 0.118. The molecule has 0 atom stereocenters. The molecule has 0 aliphatic carbocycles. The summed E-state index contributed by atoms with van der Waals surface area (Å²) >= 11 is 17.8. The van der Waals surface area contributed by atoms with Gasteiger partial charge in [0.2, 0.25) is 5.28 Å². The van der Waals surface area contributed by atoms with Crippen molar-refractivity contribution in [1.82, 2.24) is 15.0 Å². The van der Waals surface area contributed by atoms with E-state index in [1.54, 1.807) is 25.1 Å². The quantitative estimate of drug-likeness (QED) is 0.372. The van der Waals surface area contributed by atoms with Gasteiger partial charge in [0.25, 0.3) is 0 Å². The van der Waals surface area contributed by atoms with E-state index in [-0.39, 0.29) is 32.1 Å². The van der Waals surface area contributed by atoms with Gasteiger partial charge < -0.3 is 0 Å². The van der Waals surface area contributed by atoms with Gasteiger partial charge in [0.1, 0.15) is 22.2 Å². The molecule has 0 saturated heterocycles. The molecular weight excluding hydrogens is 391 g/mol. The van der Waals surface area contributed by atoms with Crippen LogP contribution in [0.3, 0.4) is 0 Å². The molecule has 0 radical (unpaired) electrons. The smallest absolute Gasteiger partial charge is 0.224 e. The maximum absolute atomic E-state index is 15.1. The van der Waals surface area contributed by atoms with E-state index >= 15 is 4.39 Å². The summed E-state index contributed by atoms with van der Waals surface area (Å²) < 4.78 is 28.8. The van der Waals surface area contributed by atoms with Gasteiger partial charge in [-0.1, -0.05) is 41.4 Å². The Morgan fingerprint density at radius 3 is 2.56 bits per heavy atom. The predicted molar refractivity (Wildman–Crippen MR) is 97.0 cm³/mol. The fourth-order valence-corrected chi connectivity index (χ4v) is 3.19. The number of allylic oxidation sites excluding steroid dienone is 1. The number of fused-ring (bicyclic) bond motifs is 1. The number of rotatable bonds is 2. The van der Waals surface area contributed by atoms with Crippen molar-refractivity contribution in [2.45, 2.75) is 13.8 Å². The molecule has 0 aliphatic heterocycles. The first kappa shape index (κ1) is 18.0. The largest absolute Gasteiger partial charge is 0.252 e. The molecular formula is C17H10Cl3F2N3. The van der Waals surface area contributed by atoms with E-state index < -0.39 is 11.6 Å². The zero-order valence-electron chi connectivity index (χ0n) is 13.0. The van der Waals surface area contributed by atoms with Crippen LogP contribution in [0.5, 0.6) is 0 Å². The van der Waals surface area contributed by atoms with Crippen LogP contribution in [0.4, 0.5) is 8.78 Å². The molecule has 3 rings (SSSR count). The maximum Gasteiger partial charge on any atom is 0.224 e. The molecule has 0 fully saturated rings. The maximum atomic E-state index is 15.1. The predicted octanol–water partition coefficient (Wildman–Crippen LogP) is 6.34. The lowest BCUT2D eigenvalue weighted by Crippen LogP contribution is -1.99. The van der Waals surface area contributed by atoms with Crippen LogP contribution in [-0.4, -0.2) is 15.0 Å². The highest BCUT2D eigenvalue weighted by Gasteiger charge is 2.20. The molecule has 128 valence electrons. The average molecular weight is 401 g/mol. The molecule has 0 spiro atoms. The summed E-state index contributed by atoms with van der Waals surface area (Å²) in [7, 11) is 0. The highest BCUT2D eigenvalue weighted by molar-refractivity contribution is 6.49. The molecule has 1 aromatic carbocycles. The van der Waals surface area contributed by atoms with Crippen LogP contribution in [0.1, 0.15) is 18.1 Å². The summed E-state index contributed by atoms with van der Waals surface area (Å²) in [6.07, 6.45) is 1.35. The van der Waals surface area contributed by atoms with Crippen LogP contribution in [0, 0.1) is 12.7 Å².